The average molecular weight is 424 g/mol. The first-order chi connectivity index (χ1) is 15.0. The van der Waals surface area contributed by atoms with Gasteiger partial charge in [0.25, 0.3) is 5.91 Å². The molecular weight excluding hydrogens is 390 g/mol. The summed E-state index contributed by atoms with van der Waals surface area (Å²) in [7, 11) is 3.96. The molecule has 6 heteroatoms. The zero-order valence-corrected chi connectivity index (χ0v) is 18.8. The minimum absolute atomic E-state index is 0.0336. The molecule has 31 heavy (non-hydrogen) atoms. The monoisotopic (exact) mass is 423 g/mol. The topological polar surface area (TPSA) is 53.1 Å². The van der Waals surface area contributed by atoms with Crippen LogP contribution in [0.15, 0.2) is 48.5 Å². The van der Waals surface area contributed by atoms with E-state index >= 15 is 0 Å². The van der Waals surface area contributed by atoms with Gasteiger partial charge in [0.2, 0.25) is 5.91 Å². The van der Waals surface area contributed by atoms with Gasteiger partial charge in [-0.2, -0.15) is 0 Å². The first kappa shape index (κ1) is 22.7. The third-order valence-corrected chi connectivity index (χ3v) is 5.65. The fourth-order valence-corrected chi connectivity index (χ4v) is 3.74. The summed E-state index contributed by atoms with van der Waals surface area (Å²) in [5.41, 5.74) is 2.86. The number of nitrogens with zero attached hydrogens (tertiary/aromatic N) is 3. The predicted octanol–water partition coefficient (Wildman–Crippen LogP) is 3.59. The van der Waals surface area contributed by atoms with Gasteiger partial charge >= 0.3 is 0 Å². The molecule has 0 aromatic heterocycles. The fraction of sp³-hybridized carbons (Fsp3) is 0.440. The van der Waals surface area contributed by atoms with Crippen LogP contribution in [0, 0.1) is 6.92 Å². The molecule has 0 atom stereocenters. The maximum absolute atomic E-state index is 12.9. The van der Waals surface area contributed by atoms with Crippen LogP contribution in [0.25, 0.3) is 0 Å². The molecule has 0 N–H and O–H groups in total. The molecule has 166 valence electrons. The minimum Gasteiger partial charge on any atom is -0.493 e. The fourth-order valence-electron chi connectivity index (χ4n) is 3.74. The zero-order chi connectivity index (χ0) is 22.2. The van der Waals surface area contributed by atoms with E-state index in [1.54, 1.807) is 0 Å². The maximum atomic E-state index is 12.9. The highest BCUT2D eigenvalue weighted by molar-refractivity contribution is 5.94. The molecule has 1 fully saturated rings. The summed E-state index contributed by atoms with van der Waals surface area (Å²) in [6.45, 7) is 5.06. The van der Waals surface area contributed by atoms with E-state index in [2.05, 4.69) is 0 Å². The zero-order valence-electron chi connectivity index (χ0n) is 18.8. The molecule has 0 radical (unpaired) electrons. The van der Waals surface area contributed by atoms with Crippen molar-refractivity contribution in [2.45, 2.75) is 26.2 Å². The largest absolute Gasteiger partial charge is 0.493 e. The van der Waals surface area contributed by atoms with Gasteiger partial charge in [-0.1, -0.05) is 18.2 Å². The number of para-hydroxylation sites is 1. The second-order valence-corrected chi connectivity index (χ2v) is 8.19. The van der Waals surface area contributed by atoms with E-state index < -0.39 is 0 Å². The second-order valence-electron chi connectivity index (χ2n) is 8.19. The van der Waals surface area contributed by atoms with E-state index in [1.807, 2.05) is 84.2 Å². The lowest BCUT2D eigenvalue weighted by Crippen LogP contribution is -2.37. The molecule has 1 aliphatic heterocycles. The Hall–Kier alpha value is -3.02. The number of anilines is 1. The Labute approximate surface area is 185 Å². The van der Waals surface area contributed by atoms with Gasteiger partial charge in [0.05, 0.1) is 6.61 Å². The quantitative estimate of drug-likeness (QED) is 0.639. The molecule has 0 bridgehead atoms. The van der Waals surface area contributed by atoms with Crippen molar-refractivity contribution < 1.29 is 14.3 Å². The Bertz CT molecular complexity index is 880. The predicted molar refractivity (Wildman–Crippen MR) is 124 cm³/mol. The van der Waals surface area contributed by atoms with Crippen molar-refractivity contribution in [2.75, 3.05) is 51.8 Å². The number of ether oxygens (including phenoxy) is 1. The standard InChI is InChI=1S/C25H33N3O3/c1-20-8-4-5-9-23(20)31-19-6-10-24(29)27-15-7-16-28(18-17-27)25(30)21-11-13-22(14-12-21)26(2)3/h4-5,8-9,11-14H,6-7,10,15-19H2,1-3H3. The van der Waals surface area contributed by atoms with Gasteiger partial charge in [-0.3, -0.25) is 9.59 Å². The van der Waals surface area contributed by atoms with Crippen LogP contribution in [0.1, 0.15) is 35.2 Å². The molecule has 0 saturated carbocycles. The molecule has 0 unspecified atom stereocenters. The molecule has 0 spiro atoms. The second kappa shape index (κ2) is 10.8. The highest BCUT2D eigenvalue weighted by Gasteiger charge is 2.22. The maximum Gasteiger partial charge on any atom is 0.253 e. The Balaban J connectivity index is 1.45. The van der Waals surface area contributed by atoms with Crippen LogP contribution < -0.4 is 9.64 Å². The first-order valence-corrected chi connectivity index (χ1v) is 11.0. The highest BCUT2D eigenvalue weighted by atomic mass is 16.5. The van der Waals surface area contributed by atoms with Crippen LogP contribution in [0.4, 0.5) is 5.69 Å². The van der Waals surface area contributed by atoms with Gasteiger partial charge in [0.1, 0.15) is 5.75 Å². The summed E-state index contributed by atoms with van der Waals surface area (Å²) in [4.78, 5) is 31.3. The highest BCUT2D eigenvalue weighted by Crippen LogP contribution is 2.17. The number of hydrogen-bond donors (Lipinski definition) is 0. The Morgan fingerprint density at radius 2 is 1.61 bits per heavy atom. The number of amides is 2. The smallest absolute Gasteiger partial charge is 0.253 e. The Morgan fingerprint density at radius 1 is 0.935 bits per heavy atom. The van der Waals surface area contributed by atoms with Crippen molar-refractivity contribution in [3.8, 4) is 5.75 Å². The van der Waals surface area contributed by atoms with Crippen molar-refractivity contribution in [1.82, 2.24) is 9.80 Å². The molecule has 2 aromatic rings. The summed E-state index contributed by atoms with van der Waals surface area (Å²) in [6, 6.07) is 15.6. The van der Waals surface area contributed by atoms with Gasteiger partial charge < -0.3 is 19.4 Å². The Kier molecular flexibility index (Phi) is 7.93. The van der Waals surface area contributed by atoms with Crippen LogP contribution in [0.3, 0.4) is 0 Å². The molecule has 1 saturated heterocycles. The van der Waals surface area contributed by atoms with Crippen LogP contribution in [0.5, 0.6) is 5.75 Å². The van der Waals surface area contributed by atoms with E-state index in [0.717, 1.165) is 23.4 Å². The number of aryl methyl sites for hydroxylation is 1. The number of carbonyl (C=O) groups is 2. The van der Waals surface area contributed by atoms with Crippen molar-refractivity contribution in [3.63, 3.8) is 0 Å². The molecule has 0 aliphatic carbocycles. The lowest BCUT2D eigenvalue weighted by atomic mass is 10.1. The minimum atomic E-state index is 0.0336. The van der Waals surface area contributed by atoms with Gasteiger partial charge in [-0.05, 0) is 55.7 Å². The lowest BCUT2D eigenvalue weighted by molar-refractivity contribution is -0.131. The summed E-state index contributed by atoms with van der Waals surface area (Å²) in [5, 5.41) is 0. The van der Waals surface area contributed by atoms with Crippen LogP contribution in [-0.2, 0) is 4.79 Å². The van der Waals surface area contributed by atoms with E-state index in [4.69, 9.17) is 4.74 Å². The third kappa shape index (κ3) is 6.23. The first-order valence-electron chi connectivity index (χ1n) is 11.0. The van der Waals surface area contributed by atoms with Crippen molar-refractivity contribution in [2.24, 2.45) is 0 Å². The number of benzene rings is 2. The Morgan fingerprint density at radius 3 is 2.32 bits per heavy atom. The number of carbonyl (C=O) groups excluding carboxylic acids is 2. The summed E-state index contributed by atoms with van der Waals surface area (Å²) in [5.74, 6) is 1.04. The van der Waals surface area contributed by atoms with E-state index in [9.17, 15) is 9.59 Å². The van der Waals surface area contributed by atoms with Crippen LogP contribution in [0.2, 0.25) is 0 Å². The average Bonchev–Trinajstić information content (AvgIpc) is 3.03. The number of hydrogen-bond acceptors (Lipinski definition) is 4. The summed E-state index contributed by atoms with van der Waals surface area (Å²) in [6.07, 6.45) is 1.95. The van der Waals surface area contributed by atoms with Crippen LogP contribution >= 0.6 is 0 Å². The van der Waals surface area contributed by atoms with Crippen molar-refractivity contribution in [1.29, 1.82) is 0 Å². The van der Waals surface area contributed by atoms with Gasteiger partial charge in [-0.25, -0.2) is 0 Å². The molecular formula is C25H33N3O3. The van der Waals surface area contributed by atoms with Crippen molar-refractivity contribution in [3.05, 3.63) is 59.7 Å². The molecule has 2 amide bonds. The summed E-state index contributed by atoms with van der Waals surface area (Å²) >= 11 is 0. The SMILES string of the molecule is Cc1ccccc1OCCCC(=O)N1CCCN(C(=O)c2ccc(N(C)C)cc2)CC1. The summed E-state index contributed by atoms with van der Waals surface area (Å²) < 4.78 is 5.79. The normalized spacial score (nSPS) is 14.2. The number of rotatable bonds is 7. The lowest BCUT2D eigenvalue weighted by Gasteiger charge is -2.22. The molecule has 1 heterocycles. The third-order valence-electron chi connectivity index (χ3n) is 5.65. The van der Waals surface area contributed by atoms with Crippen LogP contribution in [-0.4, -0.2) is 68.5 Å². The van der Waals surface area contributed by atoms with E-state index in [-0.39, 0.29) is 11.8 Å². The molecule has 1 aliphatic rings. The van der Waals surface area contributed by atoms with Gasteiger partial charge in [0, 0.05) is 57.9 Å². The van der Waals surface area contributed by atoms with E-state index in [1.165, 1.54) is 0 Å². The van der Waals surface area contributed by atoms with Gasteiger partial charge in [0.15, 0.2) is 0 Å². The van der Waals surface area contributed by atoms with E-state index in [0.29, 0.717) is 51.2 Å². The van der Waals surface area contributed by atoms with Crippen molar-refractivity contribution >= 4 is 17.5 Å². The van der Waals surface area contributed by atoms with Gasteiger partial charge in [-0.15, -0.1) is 0 Å². The molecule has 6 nitrogen and oxygen atoms in total. The molecule has 3 rings (SSSR count). The molecule has 2 aromatic carbocycles.